The summed E-state index contributed by atoms with van der Waals surface area (Å²) in [6.45, 7) is 2.36. The van der Waals surface area contributed by atoms with Crippen molar-refractivity contribution in [1.29, 1.82) is 0 Å². The highest BCUT2D eigenvalue weighted by molar-refractivity contribution is 7.80. The third-order valence-corrected chi connectivity index (χ3v) is 5.91. The predicted octanol–water partition coefficient (Wildman–Crippen LogP) is 5.15. The summed E-state index contributed by atoms with van der Waals surface area (Å²) in [5.74, 6) is 0.630. The van der Waals surface area contributed by atoms with Crippen LogP contribution in [0.2, 0.25) is 0 Å². The zero-order valence-corrected chi connectivity index (χ0v) is 17.7. The molecule has 5 rings (SSSR count). The molecule has 4 aromatic rings. The Bertz CT molecular complexity index is 1210. The van der Waals surface area contributed by atoms with Crippen LogP contribution in [0.25, 0.3) is 0 Å². The molecule has 0 amide bonds. The highest BCUT2D eigenvalue weighted by atomic mass is 32.1. The molecule has 0 saturated carbocycles. The Morgan fingerprint density at radius 3 is 2.77 bits per heavy atom. The molecule has 5 nitrogen and oxygen atoms in total. The first-order chi connectivity index (χ1) is 15.1. The molecule has 0 radical (unpaired) electrons. The van der Waals surface area contributed by atoms with E-state index in [1.54, 1.807) is 25.5 Å². The fourth-order valence-electron chi connectivity index (χ4n) is 4.12. The van der Waals surface area contributed by atoms with E-state index in [0.29, 0.717) is 17.2 Å². The van der Waals surface area contributed by atoms with E-state index in [1.165, 1.54) is 6.07 Å². The van der Waals surface area contributed by atoms with Gasteiger partial charge in [-0.1, -0.05) is 6.07 Å². The van der Waals surface area contributed by atoms with Crippen molar-refractivity contribution in [3.63, 3.8) is 0 Å². The van der Waals surface area contributed by atoms with Crippen LogP contribution in [-0.2, 0) is 6.54 Å². The second-order valence-electron chi connectivity index (χ2n) is 7.57. The zero-order valence-electron chi connectivity index (χ0n) is 16.9. The van der Waals surface area contributed by atoms with Gasteiger partial charge >= 0.3 is 0 Å². The number of benzene rings is 1. The topological polar surface area (TPSA) is 46.2 Å². The van der Waals surface area contributed by atoms with Crippen LogP contribution in [0.3, 0.4) is 0 Å². The number of halogens is 1. The summed E-state index contributed by atoms with van der Waals surface area (Å²) in [4.78, 5) is 6.63. The third kappa shape index (κ3) is 3.61. The Morgan fingerprint density at radius 1 is 1.13 bits per heavy atom. The molecule has 1 aromatic carbocycles. The van der Waals surface area contributed by atoms with Crippen molar-refractivity contribution >= 4 is 23.0 Å². The van der Waals surface area contributed by atoms with Crippen molar-refractivity contribution in [3.8, 4) is 0 Å². The summed E-state index contributed by atoms with van der Waals surface area (Å²) in [5.41, 5.74) is 3.36. The minimum absolute atomic E-state index is 0.163. The van der Waals surface area contributed by atoms with Crippen LogP contribution < -0.4 is 10.2 Å². The lowest BCUT2D eigenvalue weighted by Gasteiger charge is -2.29. The van der Waals surface area contributed by atoms with E-state index in [1.807, 2.05) is 48.7 Å². The first-order valence-electron chi connectivity index (χ1n) is 10.1. The van der Waals surface area contributed by atoms with Crippen LogP contribution in [0, 0.1) is 12.7 Å². The minimum atomic E-state index is -0.235. The van der Waals surface area contributed by atoms with E-state index < -0.39 is 0 Å². The molecule has 1 fully saturated rings. The molecule has 1 N–H and O–H groups in total. The molecular weight excluding hydrogens is 411 g/mol. The summed E-state index contributed by atoms with van der Waals surface area (Å²) in [5, 5.41) is 4.02. The van der Waals surface area contributed by atoms with Crippen LogP contribution in [0.1, 0.15) is 34.8 Å². The first kappa shape index (κ1) is 19.5. The maximum absolute atomic E-state index is 14.0. The number of anilines is 1. The van der Waals surface area contributed by atoms with Gasteiger partial charge in [-0.25, -0.2) is 4.39 Å². The van der Waals surface area contributed by atoms with Crippen molar-refractivity contribution in [2.45, 2.75) is 25.6 Å². The SMILES string of the molecule is Cc1cc(N2C(=S)N[C@H](c3ccccn3)[C@H]2c2cccn2Cc2ccco2)ccc1F. The quantitative estimate of drug-likeness (QED) is 0.442. The number of pyridine rings is 1. The van der Waals surface area contributed by atoms with Crippen molar-refractivity contribution in [3.05, 3.63) is 108 Å². The molecule has 3 aromatic heterocycles. The minimum Gasteiger partial charge on any atom is -0.467 e. The second kappa shape index (κ2) is 8.00. The lowest BCUT2D eigenvalue weighted by Crippen LogP contribution is -2.30. The fraction of sp³-hybridized carbons (Fsp3) is 0.167. The number of nitrogens with zero attached hydrogens (tertiary/aromatic N) is 3. The average Bonchev–Trinajstić information content (AvgIpc) is 3.52. The molecule has 0 aliphatic carbocycles. The molecular formula is C24H21FN4OS. The van der Waals surface area contributed by atoms with Gasteiger partial charge in [0.05, 0.1) is 24.5 Å². The Hall–Kier alpha value is -3.45. The van der Waals surface area contributed by atoms with Gasteiger partial charge in [0, 0.05) is 23.8 Å². The standard InChI is InChI=1S/C24H21FN4OS/c1-16-14-17(9-10-19(16)25)29-23(22(27-24(29)31)20-7-2-3-11-26-20)21-8-4-12-28(21)15-18-6-5-13-30-18/h2-14,22-23H,15H2,1H3,(H,27,31)/t22-,23-/m1/s1. The van der Waals surface area contributed by atoms with E-state index in [4.69, 9.17) is 16.6 Å². The van der Waals surface area contributed by atoms with Crippen molar-refractivity contribution in [1.82, 2.24) is 14.9 Å². The molecule has 31 heavy (non-hydrogen) atoms. The molecule has 0 spiro atoms. The summed E-state index contributed by atoms with van der Waals surface area (Å²) in [6, 6.07) is 18.6. The first-order valence-corrected chi connectivity index (χ1v) is 10.5. The molecule has 1 saturated heterocycles. The number of aromatic nitrogens is 2. The number of rotatable bonds is 5. The van der Waals surface area contributed by atoms with Gasteiger partial charge in [0.25, 0.3) is 0 Å². The van der Waals surface area contributed by atoms with Crippen LogP contribution in [0.15, 0.2) is 83.7 Å². The predicted molar refractivity (Wildman–Crippen MR) is 121 cm³/mol. The van der Waals surface area contributed by atoms with E-state index in [9.17, 15) is 4.39 Å². The normalized spacial score (nSPS) is 18.4. The Labute approximate surface area is 185 Å². The molecule has 1 aliphatic rings. The van der Waals surface area contributed by atoms with Crippen molar-refractivity contribution in [2.75, 3.05) is 4.90 Å². The van der Waals surface area contributed by atoms with E-state index in [2.05, 4.69) is 25.8 Å². The highest BCUT2D eigenvalue weighted by Gasteiger charge is 2.42. The van der Waals surface area contributed by atoms with Gasteiger partial charge in [-0.15, -0.1) is 0 Å². The Balaban J connectivity index is 1.62. The van der Waals surface area contributed by atoms with Crippen molar-refractivity contribution in [2.24, 2.45) is 0 Å². The van der Waals surface area contributed by atoms with Crippen LogP contribution >= 0.6 is 12.2 Å². The number of furan rings is 1. The summed E-state index contributed by atoms with van der Waals surface area (Å²) >= 11 is 5.75. The number of thiocarbonyl (C=S) groups is 1. The van der Waals surface area contributed by atoms with Gasteiger partial charge in [0.1, 0.15) is 17.6 Å². The Kier molecular flexibility index (Phi) is 5.03. The van der Waals surface area contributed by atoms with Crippen LogP contribution in [0.5, 0.6) is 0 Å². The van der Waals surface area contributed by atoms with Gasteiger partial charge in [0.2, 0.25) is 0 Å². The largest absolute Gasteiger partial charge is 0.467 e. The Morgan fingerprint density at radius 2 is 2.03 bits per heavy atom. The smallest absolute Gasteiger partial charge is 0.174 e. The number of hydrogen-bond acceptors (Lipinski definition) is 3. The van der Waals surface area contributed by atoms with E-state index >= 15 is 0 Å². The molecule has 0 unspecified atom stereocenters. The average molecular weight is 433 g/mol. The summed E-state index contributed by atoms with van der Waals surface area (Å²) in [7, 11) is 0. The van der Waals surface area contributed by atoms with Gasteiger partial charge in [-0.3, -0.25) is 4.98 Å². The molecule has 2 atom stereocenters. The maximum atomic E-state index is 14.0. The van der Waals surface area contributed by atoms with Crippen molar-refractivity contribution < 1.29 is 8.81 Å². The molecule has 7 heteroatoms. The van der Waals surface area contributed by atoms with Gasteiger partial charge in [-0.2, -0.15) is 0 Å². The van der Waals surface area contributed by atoms with Crippen LogP contribution in [-0.4, -0.2) is 14.7 Å². The summed E-state index contributed by atoms with van der Waals surface area (Å²) in [6.07, 6.45) is 5.49. The van der Waals surface area contributed by atoms with E-state index in [-0.39, 0.29) is 17.9 Å². The maximum Gasteiger partial charge on any atom is 0.174 e. The number of nitrogens with one attached hydrogen (secondary N) is 1. The number of aryl methyl sites for hydroxylation is 1. The highest BCUT2D eigenvalue weighted by Crippen LogP contribution is 2.42. The van der Waals surface area contributed by atoms with Crippen LogP contribution in [0.4, 0.5) is 10.1 Å². The zero-order chi connectivity index (χ0) is 21.4. The van der Waals surface area contributed by atoms with Gasteiger partial charge < -0.3 is 19.2 Å². The summed E-state index contributed by atoms with van der Waals surface area (Å²) < 4.78 is 21.7. The fourth-order valence-corrected chi connectivity index (χ4v) is 4.47. The third-order valence-electron chi connectivity index (χ3n) is 5.59. The second-order valence-corrected chi connectivity index (χ2v) is 7.96. The molecule has 0 bridgehead atoms. The number of hydrogen-bond donors (Lipinski definition) is 1. The van der Waals surface area contributed by atoms with Gasteiger partial charge in [0.15, 0.2) is 5.11 Å². The van der Waals surface area contributed by atoms with Gasteiger partial charge in [-0.05, 0) is 79.3 Å². The monoisotopic (exact) mass is 432 g/mol. The molecule has 4 heterocycles. The molecule has 1 aliphatic heterocycles. The lowest BCUT2D eigenvalue weighted by atomic mass is 10.0. The van der Waals surface area contributed by atoms with E-state index in [0.717, 1.165) is 22.8 Å². The molecule has 156 valence electrons. The lowest BCUT2D eigenvalue weighted by molar-refractivity contribution is 0.475.